The largest absolute Gasteiger partial charge is 0.372 e. The maximum absolute atomic E-state index is 16.0. The Balaban J connectivity index is 1.45. The van der Waals surface area contributed by atoms with Crippen LogP contribution in [0.2, 0.25) is 0 Å². The average Bonchev–Trinajstić information content (AvgIpc) is 3.21. The fourth-order valence-corrected chi connectivity index (χ4v) is 5.60. The van der Waals surface area contributed by atoms with Crippen molar-refractivity contribution in [3.63, 3.8) is 0 Å². The van der Waals surface area contributed by atoms with E-state index < -0.39 is 5.41 Å². The van der Waals surface area contributed by atoms with Crippen molar-refractivity contribution in [3.8, 4) is 0 Å². The molecule has 2 aromatic heterocycles. The predicted octanol–water partition coefficient (Wildman–Crippen LogP) is 3.61. The number of hydrogen-bond donors (Lipinski definition) is 1. The Morgan fingerprint density at radius 3 is 2.88 bits per heavy atom. The number of fused-ring (bicyclic) bond motifs is 5. The Hall–Kier alpha value is -3.33. The zero-order valence-corrected chi connectivity index (χ0v) is 18.5. The van der Waals surface area contributed by atoms with Gasteiger partial charge >= 0.3 is 0 Å². The summed E-state index contributed by atoms with van der Waals surface area (Å²) in [6.07, 6.45) is 6.13. The van der Waals surface area contributed by atoms with Gasteiger partial charge in [-0.2, -0.15) is 0 Å². The molecule has 5 heterocycles. The van der Waals surface area contributed by atoms with Gasteiger partial charge in [-0.15, -0.1) is 0 Å². The van der Waals surface area contributed by atoms with Crippen molar-refractivity contribution in [2.24, 2.45) is 15.4 Å². The molecule has 170 valence electrons. The lowest BCUT2D eigenvalue weighted by Crippen LogP contribution is -2.65. The second-order valence-electron chi connectivity index (χ2n) is 9.08. The summed E-state index contributed by atoms with van der Waals surface area (Å²) < 4.78 is 27.6. The van der Waals surface area contributed by atoms with E-state index in [1.54, 1.807) is 6.20 Å². The van der Waals surface area contributed by atoms with Gasteiger partial charge in [-0.05, 0) is 44.0 Å². The molecule has 3 aromatic rings. The molecule has 3 atom stereocenters. The van der Waals surface area contributed by atoms with Gasteiger partial charge in [0.25, 0.3) is 0 Å². The maximum atomic E-state index is 16.0. The molecule has 3 aliphatic heterocycles. The first-order valence-electron chi connectivity index (χ1n) is 11.2. The maximum Gasteiger partial charge on any atom is 0.206 e. The third-order valence-electron chi connectivity index (χ3n) is 6.76. The second kappa shape index (κ2) is 7.62. The molecule has 1 spiro atoms. The smallest absolute Gasteiger partial charge is 0.206 e. The number of hydrogen-bond acceptors (Lipinski definition) is 8. The zero-order valence-electron chi connectivity index (χ0n) is 18.5. The summed E-state index contributed by atoms with van der Waals surface area (Å²) in [4.78, 5) is 15.4. The van der Waals surface area contributed by atoms with Gasteiger partial charge in [-0.25, -0.2) is 4.39 Å². The molecule has 6 rings (SSSR count). The normalized spacial score (nSPS) is 25.3. The van der Waals surface area contributed by atoms with Crippen LogP contribution < -0.4 is 10.2 Å². The van der Waals surface area contributed by atoms with E-state index in [1.165, 1.54) is 0 Å². The topological polar surface area (TPSA) is 88.1 Å². The first kappa shape index (κ1) is 20.3. The Kier molecular flexibility index (Phi) is 4.69. The summed E-state index contributed by atoms with van der Waals surface area (Å²) in [7, 11) is 0. The van der Waals surface area contributed by atoms with Crippen molar-refractivity contribution in [3.05, 3.63) is 47.5 Å². The molecule has 33 heavy (non-hydrogen) atoms. The number of morpholine rings is 1. The highest BCUT2D eigenvalue weighted by Crippen LogP contribution is 2.47. The number of anilines is 2. The molecular formula is C24H25FN6O2. The molecular weight excluding hydrogens is 423 g/mol. The van der Waals surface area contributed by atoms with E-state index >= 15 is 4.39 Å². The van der Waals surface area contributed by atoms with Crippen LogP contribution in [0.5, 0.6) is 0 Å². The summed E-state index contributed by atoms with van der Waals surface area (Å²) in [5, 5.41) is 7.99. The lowest BCUT2D eigenvalue weighted by molar-refractivity contribution is -0.0432. The third kappa shape index (κ3) is 3.21. The minimum atomic E-state index is -0.455. The number of ether oxygens (including phenoxy) is 1. The summed E-state index contributed by atoms with van der Waals surface area (Å²) in [5.74, 6) is 0.120. The molecule has 1 saturated heterocycles. The third-order valence-corrected chi connectivity index (χ3v) is 6.76. The number of nitrogens with zero attached hydrogens (tertiary/aromatic N) is 5. The van der Waals surface area contributed by atoms with Crippen molar-refractivity contribution < 1.29 is 13.7 Å². The van der Waals surface area contributed by atoms with Crippen LogP contribution in [0.3, 0.4) is 0 Å². The lowest BCUT2D eigenvalue weighted by atomic mass is 9.69. The van der Waals surface area contributed by atoms with E-state index in [0.29, 0.717) is 43.1 Å². The molecule has 9 heteroatoms. The highest BCUT2D eigenvalue weighted by atomic mass is 19.1. The molecule has 0 amide bonds. The molecule has 0 saturated carbocycles. The number of halogens is 1. The highest BCUT2D eigenvalue weighted by Gasteiger charge is 2.52. The first-order valence-corrected chi connectivity index (χ1v) is 11.2. The van der Waals surface area contributed by atoms with Gasteiger partial charge in [0.2, 0.25) is 5.58 Å². The van der Waals surface area contributed by atoms with Crippen molar-refractivity contribution >= 4 is 34.9 Å². The van der Waals surface area contributed by atoms with E-state index in [0.717, 1.165) is 11.3 Å². The van der Waals surface area contributed by atoms with Crippen molar-refractivity contribution in [1.82, 2.24) is 10.1 Å². The van der Waals surface area contributed by atoms with Gasteiger partial charge in [-0.3, -0.25) is 15.0 Å². The fraction of sp³-hybridized carbons (Fsp3) is 0.417. The van der Waals surface area contributed by atoms with E-state index in [9.17, 15) is 0 Å². The van der Waals surface area contributed by atoms with E-state index in [4.69, 9.17) is 9.26 Å². The Morgan fingerprint density at radius 1 is 1.24 bits per heavy atom. The van der Waals surface area contributed by atoms with Crippen LogP contribution >= 0.6 is 0 Å². The van der Waals surface area contributed by atoms with Crippen LogP contribution in [0.15, 0.2) is 45.0 Å². The molecule has 3 aliphatic rings. The van der Waals surface area contributed by atoms with Gasteiger partial charge < -0.3 is 19.5 Å². The van der Waals surface area contributed by atoms with E-state index in [1.807, 2.05) is 50.5 Å². The quantitative estimate of drug-likeness (QED) is 0.659. The number of benzene rings is 1. The van der Waals surface area contributed by atoms with Crippen LogP contribution in [0.1, 0.15) is 25.1 Å². The summed E-state index contributed by atoms with van der Waals surface area (Å²) in [6, 6.07) is 7.60. The number of rotatable bonds is 3. The van der Waals surface area contributed by atoms with Crippen molar-refractivity contribution in [2.75, 3.05) is 23.4 Å². The molecule has 0 aliphatic carbocycles. The summed E-state index contributed by atoms with van der Waals surface area (Å²) in [6.45, 7) is 5.52. The van der Waals surface area contributed by atoms with E-state index in [-0.39, 0.29) is 29.7 Å². The van der Waals surface area contributed by atoms with Gasteiger partial charge in [0, 0.05) is 25.2 Å². The Labute approximate surface area is 190 Å². The zero-order chi connectivity index (χ0) is 22.6. The van der Waals surface area contributed by atoms with Crippen LogP contribution in [0.25, 0.3) is 11.0 Å². The summed E-state index contributed by atoms with van der Waals surface area (Å²) in [5.41, 5.74) is 2.02. The average molecular weight is 449 g/mol. The molecule has 1 N–H and O–H groups in total. The standard InChI is InChI=1S/C24H25FN6O2/c1-14-10-31-20-16(8-24(11-26-13-27-12-24)22(31)15(2)32-14)7-18-21(19(20)25)33-30-23(18)29-9-17-5-3-4-6-28-17/h3-7,11-12,14-15,22H,8-10,13H2,1-2H3,(H,29,30)/t14-,15+,22-/m1/s1. The van der Waals surface area contributed by atoms with Crippen LogP contribution in [-0.4, -0.2) is 54.0 Å². The lowest BCUT2D eigenvalue weighted by Gasteiger charge is -2.54. The molecule has 1 fully saturated rings. The predicted molar refractivity (Wildman–Crippen MR) is 125 cm³/mol. The number of aliphatic imine (C=N–C) groups is 2. The molecule has 0 unspecified atom stereocenters. The number of pyridine rings is 1. The van der Waals surface area contributed by atoms with Crippen molar-refractivity contribution in [1.29, 1.82) is 0 Å². The Bertz CT molecular complexity index is 1240. The van der Waals surface area contributed by atoms with Crippen LogP contribution in [0, 0.1) is 11.2 Å². The summed E-state index contributed by atoms with van der Waals surface area (Å²) >= 11 is 0. The van der Waals surface area contributed by atoms with Gasteiger partial charge in [-0.1, -0.05) is 11.2 Å². The van der Waals surface area contributed by atoms with Gasteiger partial charge in [0.1, 0.15) is 6.67 Å². The second-order valence-corrected chi connectivity index (χ2v) is 9.08. The fourth-order valence-electron chi connectivity index (χ4n) is 5.60. The highest BCUT2D eigenvalue weighted by molar-refractivity contribution is 5.97. The van der Waals surface area contributed by atoms with Gasteiger partial charge in [0.05, 0.1) is 47.0 Å². The SMILES string of the molecule is C[C@@H]1CN2c3c(cc4c(NCc5ccccn5)noc4c3F)CC3(C=NCN=C3)[C@H]2[C@H](C)O1. The first-order chi connectivity index (χ1) is 16.1. The monoisotopic (exact) mass is 448 g/mol. The Morgan fingerprint density at radius 2 is 2.09 bits per heavy atom. The molecule has 0 bridgehead atoms. The molecule has 8 nitrogen and oxygen atoms in total. The van der Waals surface area contributed by atoms with Gasteiger partial charge in [0.15, 0.2) is 11.6 Å². The van der Waals surface area contributed by atoms with E-state index in [2.05, 4.69) is 30.3 Å². The number of aromatic nitrogens is 2. The number of nitrogens with one attached hydrogen (secondary N) is 1. The van der Waals surface area contributed by atoms with Crippen LogP contribution in [-0.2, 0) is 17.7 Å². The molecule has 1 aromatic carbocycles. The molecule has 0 radical (unpaired) electrons. The minimum absolute atomic E-state index is 0.0304. The van der Waals surface area contributed by atoms with Crippen molar-refractivity contribution in [2.45, 2.75) is 45.1 Å². The minimum Gasteiger partial charge on any atom is -0.372 e. The van der Waals surface area contributed by atoms with Crippen LogP contribution in [0.4, 0.5) is 15.9 Å².